The predicted octanol–water partition coefficient (Wildman–Crippen LogP) is 5.24. The van der Waals surface area contributed by atoms with Crippen LogP contribution in [-0.2, 0) is 13.0 Å². The maximum Gasteiger partial charge on any atom is 0.279 e. The fraction of sp³-hybridized carbons (Fsp3) is 0.273. The lowest BCUT2D eigenvalue weighted by Gasteiger charge is -2.09. The van der Waals surface area contributed by atoms with Crippen LogP contribution in [0, 0.1) is 6.92 Å². The van der Waals surface area contributed by atoms with Gasteiger partial charge in [0.2, 0.25) is 0 Å². The minimum absolute atomic E-state index is 0.187. The summed E-state index contributed by atoms with van der Waals surface area (Å²) in [5, 5.41) is 0. The molecule has 1 aromatic heterocycles. The molecule has 0 saturated carbocycles. The zero-order valence-electron chi connectivity index (χ0n) is 15.5. The number of aromatic nitrogens is 1. The Morgan fingerprint density at radius 1 is 1.04 bits per heavy atom. The minimum Gasteiger partial charge on any atom is -0.316 e. The zero-order chi connectivity index (χ0) is 18.5. The molecule has 134 valence electrons. The number of hydrogen-bond donors (Lipinski definition) is 0. The molecular weight excluding hydrogens is 340 g/mol. The van der Waals surface area contributed by atoms with Gasteiger partial charge >= 0.3 is 0 Å². The lowest BCUT2D eigenvalue weighted by molar-refractivity contribution is 0.0998. The SMILES string of the molecule is CCCc1sc(=NC(=O)c2ccccc2)n(CC)c1-c1ccc(C)cc1. The third-order valence-corrected chi connectivity index (χ3v) is 5.45. The largest absolute Gasteiger partial charge is 0.316 e. The van der Waals surface area contributed by atoms with Crippen molar-refractivity contribution in [2.24, 2.45) is 4.99 Å². The molecule has 0 aliphatic heterocycles. The first-order chi connectivity index (χ1) is 12.6. The summed E-state index contributed by atoms with van der Waals surface area (Å²) in [6.07, 6.45) is 2.05. The van der Waals surface area contributed by atoms with E-state index in [0.29, 0.717) is 5.56 Å². The highest BCUT2D eigenvalue weighted by atomic mass is 32.1. The van der Waals surface area contributed by atoms with Crippen molar-refractivity contribution in [2.45, 2.75) is 40.2 Å². The first kappa shape index (κ1) is 18.3. The van der Waals surface area contributed by atoms with Crippen molar-refractivity contribution >= 4 is 17.2 Å². The summed E-state index contributed by atoms with van der Waals surface area (Å²) in [4.78, 5) is 19.1. The first-order valence-electron chi connectivity index (χ1n) is 9.07. The van der Waals surface area contributed by atoms with Crippen molar-refractivity contribution < 1.29 is 4.79 Å². The van der Waals surface area contributed by atoms with Crippen LogP contribution in [0.15, 0.2) is 59.6 Å². The molecule has 2 aromatic carbocycles. The van der Waals surface area contributed by atoms with Crippen LogP contribution in [0.5, 0.6) is 0 Å². The molecule has 0 atom stereocenters. The maximum absolute atomic E-state index is 12.6. The number of benzene rings is 2. The molecule has 26 heavy (non-hydrogen) atoms. The molecule has 0 fully saturated rings. The van der Waals surface area contributed by atoms with Crippen LogP contribution >= 0.6 is 11.3 Å². The Morgan fingerprint density at radius 3 is 2.35 bits per heavy atom. The van der Waals surface area contributed by atoms with Gasteiger partial charge in [-0.05, 0) is 38.0 Å². The molecule has 0 aliphatic carbocycles. The second-order valence-electron chi connectivity index (χ2n) is 6.30. The van der Waals surface area contributed by atoms with Gasteiger partial charge in [-0.15, -0.1) is 11.3 Å². The van der Waals surface area contributed by atoms with Gasteiger partial charge in [-0.25, -0.2) is 0 Å². The van der Waals surface area contributed by atoms with Gasteiger partial charge in [-0.1, -0.05) is 61.4 Å². The second-order valence-corrected chi connectivity index (χ2v) is 7.36. The molecule has 3 rings (SSSR count). The van der Waals surface area contributed by atoms with Crippen LogP contribution in [0.25, 0.3) is 11.3 Å². The van der Waals surface area contributed by atoms with Crippen molar-refractivity contribution in [1.29, 1.82) is 0 Å². The lowest BCUT2D eigenvalue weighted by Crippen LogP contribution is -2.17. The molecule has 0 bridgehead atoms. The quantitative estimate of drug-likeness (QED) is 0.610. The van der Waals surface area contributed by atoms with Crippen LogP contribution in [-0.4, -0.2) is 10.5 Å². The van der Waals surface area contributed by atoms with E-state index in [1.54, 1.807) is 11.3 Å². The van der Waals surface area contributed by atoms with Crippen molar-refractivity contribution in [3.8, 4) is 11.3 Å². The van der Waals surface area contributed by atoms with E-state index in [-0.39, 0.29) is 5.91 Å². The molecule has 0 spiro atoms. The van der Waals surface area contributed by atoms with Gasteiger partial charge < -0.3 is 4.57 Å². The summed E-state index contributed by atoms with van der Waals surface area (Å²) in [5.41, 5.74) is 4.25. The van der Waals surface area contributed by atoms with E-state index < -0.39 is 0 Å². The second kappa shape index (κ2) is 8.28. The third kappa shape index (κ3) is 3.86. The van der Waals surface area contributed by atoms with Crippen molar-refractivity contribution in [3.05, 3.63) is 75.4 Å². The minimum atomic E-state index is -0.187. The van der Waals surface area contributed by atoms with Crippen LogP contribution < -0.4 is 4.80 Å². The fourth-order valence-corrected chi connectivity index (χ4v) is 4.30. The summed E-state index contributed by atoms with van der Waals surface area (Å²) in [6, 6.07) is 17.8. The summed E-state index contributed by atoms with van der Waals surface area (Å²) in [7, 11) is 0. The van der Waals surface area contributed by atoms with Crippen LogP contribution in [0.3, 0.4) is 0 Å². The molecule has 1 heterocycles. The van der Waals surface area contributed by atoms with Crippen LogP contribution in [0.1, 0.15) is 41.1 Å². The summed E-state index contributed by atoms with van der Waals surface area (Å²) < 4.78 is 2.17. The molecule has 0 aliphatic rings. The Kier molecular flexibility index (Phi) is 5.84. The zero-order valence-corrected chi connectivity index (χ0v) is 16.3. The van der Waals surface area contributed by atoms with Crippen molar-refractivity contribution in [3.63, 3.8) is 0 Å². The highest BCUT2D eigenvalue weighted by Crippen LogP contribution is 2.27. The Bertz CT molecular complexity index is 950. The average Bonchev–Trinajstić information content (AvgIpc) is 3.00. The average molecular weight is 365 g/mol. The molecule has 3 aromatic rings. The standard InChI is InChI=1S/C22H24N2OS/c1-4-9-19-20(17-14-12-16(3)13-15-17)24(5-2)22(26-19)23-21(25)18-10-7-6-8-11-18/h6-8,10-15H,4-5,9H2,1-3H3. The van der Waals surface area contributed by atoms with E-state index in [1.807, 2.05) is 30.3 Å². The number of hydrogen-bond acceptors (Lipinski definition) is 2. The molecule has 0 unspecified atom stereocenters. The number of amides is 1. The fourth-order valence-electron chi connectivity index (χ4n) is 2.99. The lowest BCUT2D eigenvalue weighted by atomic mass is 10.1. The van der Waals surface area contributed by atoms with Gasteiger partial charge in [0.25, 0.3) is 5.91 Å². The highest BCUT2D eigenvalue weighted by Gasteiger charge is 2.15. The number of carbonyl (C=O) groups is 1. The van der Waals surface area contributed by atoms with Gasteiger partial charge in [0.05, 0.1) is 5.69 Å². The van der Waals surface area contributed by atoms with E-state index in [9.17, 15) is 4.79 Å². The van der Waals surface area contributed by atoms with Crippen molar-refractivity contribution in [2.75, 3.05) is 0 Å². The number of thiazole rings is 1. The predicted molar refractivity (Wildman–Crippen MR) is 108 cm³/mol. The van der Waals surface area contributed by atoms with Gasteiger partial charge in [0.15, 0.2) is 4.80 Å². The Labute approximate surface area is 158 Å². The molecule has 0 radical (unpaired) electrons. The van der Waals surface area contributed by atoms with E-state index in [1.165, 1.54) is 21.7 Å². The van der Waals surface area contributed by atoms with Crippen molar-refractivity contribution in [1.82, 2.24) is 4.57 Å². The molecule has 3 nitrogen and oxygen atoms in total. The van der Waals surface area contributed by atoms with Crippen LogP contribution in [0.4, 0.5) is 0 Å². The highest BCUT2D eigenvalue weighted by molar-refractivity contribution is 7.09. The molecule has 1 amide bonds. The van der Waals surface area contributed by atoms with Gasteiger partial charge in [-0.3, -0.25) is 4.79 Å². The Hall–Kier alpha value is -2.46. The smallest absolute Gasteiger partial charge is 0.279 e. The maximum atomic E-state index is 12.6. The summed E-state index contributed by atoms with van der Waals surface area (Å²) in [5.74, 6) is -0.187. The number of carbonyl (C=O) groups excluding carboxylic acids is 1. The Morgan fingerprint density at radius 2 is 1.73 bits per heavy atom. The monoisotopic (exact) mass is 364 g/mol. The van der Waals surface area contributed by atoms with E-state index in [2.05, 4.69) is 54.6 Å². The van der Waals surface area contributed by atoms with Gasteiger partial charge in [-0.2, -0.15) is 4.99 Å². The van der Waals surface area contributed by atoms with Crippen LogP contribution in [0.2, 0.25) is 0 Å². The van der Waals surface area contributed by atoms with E-state index >= 15 is 0 Å². The topological polar surface area (TPSA) is 34.4 Å². The number of aryl methyl sites for hydroxylation is 2. The molecular formula is C22H24N2OS. The van der Waals surface area contributed by atoms with E-state index in [4.69, 9.17) is 0 Å². The first-order valence-corrected chi connectivity index (χ1v) is 9.89. The third-order valence-electron chi connectivity index (χ3n) is 4.32. The van der Waals surface area contributed by atoms with E-state index in [0.717, 1.165) is 24.2 Å². The van der Waals surface area contributed by atoms with Gasteiger partial charge in [0.1, 0.15) is 0 Å². The molecule has 0 saturated heterocycles. The molecule has 4 heteroatoms. The number of nitrogens with zero attached hydrogens (tertiary/aromatic N) is 2. The Balaban J connectivity index is 2.15. The van der Waals surface area contributed by atoms with Gasteiger partial charge in [0, 0.05) is 17.0 Å². The normalized spacial score (nSPS) is 11.7. The summed E-state index contributed by atoms with van der Waals surface area (Å²) >= 11 is 1.63. The molecule has 0 N–H and O–H groups in total. The number of rotatable bonds is 5. The summed E-state index contributed by atoms with van der Waals surface area (Å²) in [6.45, 7) is 7.16.